The van der Waals surface area contributed by atoms with Crippen molar-refractivity contribution < 1.29 is 14.2 Å². The molecule has 0 fully saturated rings. The van der Waals surface area contributed by atoms with Gasteiger partial charge in [0.1, 0.15) is 5.82 Å². The Hall–Kier alpha value is -2.57. The van der Waals surface area contributed by atoms with E-state index in [1.54, 1.807) is 17.2 Å². The number of halogens is 2. The third-order valence-electron chi connectivity index (χ3n) is 4.28. The van der Waals surface area contributed by atoms with E-state index in [4.69, 9.17) is 16.3 Å². The Labute approximate surface area is 162 Å². The first-order chi connectivity index (χ1) is 12.9. The van der Waals surface area contributed by atoms with Gasteiger partial charge in [0, 0.05) is 16.9 Å². The predicted molar refractivity (Wildman–Crippen MR) is 105 cm³/mol. The second-order valence-corrected chi connectivity index (χ2v) is 6.77. The number of rotatable bonds is 4. The van der Waals surface area contributed by atoms with Gasteiger partial charge < -0.3 is 20.1 Å². The highest BCUT2D eigenvalue weighted by Crippen LogP contribution is 2.26. The number of hydrogen-bond acceptors (Lipinski definition) is 5. The second kappa shape index (κ2) is 7.98. The molecular weight excluding hydrogens is 369 g/mol. The van der Waals surface area contributed by atoms with Gasteiger partial charge in [-0.15, -0.1) is 0 Å². The minimum atomic E-state index is -1.12. The summed E-state index contributed by atoms with van der Waals surface area (Å²) in [5, 5.41) is 14.1. The summed E-state index contributed by atoms with van der Waals surface area (Å²) in [6.45, 7) is 4.20. The minimum Gasteiger partial charge on any atom is -0.495 e. The first kappa shape index (κ1) is 19.2. The highest BCUT2D eigenvalue weighted by atomic mass is 35.5. The molecule has 1 atom stereocenters. The van der Waals surface area contributed by atoms with Crippen LogP contribution in [0.3, 0.4) is 0 Å². The Morgan fingerprint density at radius 1 is 1.26 bits per heavy atom. The third-order valence-corrected chi connectivity index (χ3v) is 4.69. The Morgan fingerprint density at radius 2 is 2.04 bits per heavy atom. The molecule has 1 aliphatic heterocycles. The predicted octanol–water partition coefficient (Wildman–Crippen LogP) is 4.19. The van der Waals surface area contributed by atoms with Crippen molar-refractivity contribution in [2.45, 2.75) is 26.6 Å². The zero-order valence-electron chi connectivity index (χ0n) is 15.3. The number of nitrogens with zero attached hydrogens (tertiary/aromatic N) is 2. The first-order valence-corrected chi connectivity index (χ1v) is 8.81. The number of ether oxygens (including phenoxy) is 1. The summed E-state index contributed by atoms with van der Waals surface area (Å²) in [7, 11) is 1.47. The maximum atomic E-state index is 13.5. The van der Waals surface area contributed by atoms with Crippen LogP contribution in [0.15, 0.2) is 53.3 Å². The van der Waals surface area contributed by atoms with Crippen molar-refractivity contribution in [2.75, 3.05) is 12.4 Å². The Bertz CT molecular complexity index is 914. The molecule has 1 aliphatic rings. The number of aliphatic hydroxyl groups excluding tert-OH is 1. The van der Waals surface area contributed by atoms with Gasteiger partial charge in [0.15, 0.2) is 5.76 Å². The standard InChI is InChI=1S/C20H21ClFN3O2/c1-12-8-17(13(2)7-16(12)21)23-20-24-19(26)18(27-3)11-25(20)10-14-5-4-6-15(22)9-14/h4-9,11,19,26H,10H2,1-3H3,(H,23,24). The molecule has 0 aromatic heterocycles. The number of aliphatic imine (C=N–C) groups is 1. The molecule has 0 saturated carbocycles. The van der Waals surface area contributed by atoms with Crippen LogP contribution in [0.25, 0.3) is 0 Å². The van der Waals surface area contributed by atoms with Crippen LogP contribution in [-0.4, -0.2) is 29.3 Å². The van der Waals surface area contributed by atoms with Crippen LogP contribution >= 0.6 is 11.6 Å². The maximum absolute atomic E-state index is 13.5. The SMILES string of the molecule is COC1=CN(Cc2cccc(F)c2)C(Nc2cc(C)c(Cl)cc2C)=NC1O. The fourth-order valence-corrected chi connectivity index (χ4v) is 3.00. The number of guanidine groups is 1. The summed E-state index contributed by atoms with van der Waals surface area (Å²) in [5.41, 5.74) is 3.44. The highest BCUT2D eigenvalue weighted by molar-refractivity contribution is 6.31. The quantitative estimate of drug-likeness (QED) is 0.823. The van der Waals surface area contributed by atoms with E-state index in [1.807, 2.05) is 32.0 Å². The van der Waals surface area contributed by atoms with E-state index in [1.165, 1.54) is 19.2 Å². The Kier molecular flexibility index (Phi) is 5.68. The lowest BCUT2D eigenvalue weighted by Crippen LogP contribution is -2.38. The number of hydrogen-bond donors (Lipinski definition) is 2. The van der Waals surface area contributed by atoms with Gasteiger partial charge in [-0.25, -0.2) is 9.38 Å². The molecule has 142 valence electrons. The highest BCUT2D eigenvalue weighted by Gasteiger charge is 2.23. The van der Waals surface area contributed by atoms with E-state index < -0.39 is 6.23 Å². The van der Waals surface area contributed by atoms with Crippen LogP contribution in [-0.2, 0) is 11.3 Å². The molecule has 2 aromatic rings. The van der Waals surface area contributed by atoms with Gasteiger partial charge in [0.2, 0.25) is 12.2 Å². The van der Waals surface area contributed by atoms with E-state index in [0.717, 1.165) is 22.4 Å². The molecular formula is C20H21ClFN3O2. The smallest absolute Gasteiger partial charge is 0.208 e. The summed E-state index contributed by atoms with van der Waals surface area (Å²) < 4.78 is 18.7. The fourth-order valence-electron chi connectivity index (χ4n) is 2.79. The molecule has 2 aromatic carbocycles. The maximum Gasteiger partial charge on any atom is 0.208 e. The normalized spacial score (nSPS) is 16.7. The molecule has 0 spiro atoms. The van der Waals surface area contributed by atoms with Gasteiger partial charge in [0.05, 0.1) is 13.7 Å². The molecule has 5 nitrogen and oxygen atoms in total. The van der Waals surface area contributed by atoms with Gasteiger partial charge in [-0.3, -0.25) is 0 Å². The van der Waals surface area contributed by atoms with Crippen molar-refractivity contribution in [2.24, 2.45) is 4.99 Å². The van der Waals surface area contributed by atoms with Crippen LogP contribution in [0.5, 0.6) is 0 Å². The molecule has 0 saturated heterocycles. The second-order valence-electron chi connectivity index (χ2n) is 6.36. The number of methoxy groups -OCH3 is 1. The largest absolute Gasteiger partial charge is 0.495 e. The molecule has 0 bridgehead atoms. The fraction of sp³-hybridized carbons (Fsp3) is 0.250. The van der Waals surface area contributed by atoms with E-state index in [0.29, 0.717) is 23.3 Å². The van der Waals surface area contributed by atoms with E-state index in [9.17, 15) is 9.50 Å². The number of aryl methyl sites for hydroxylation is 2. The van der Waals surface area contributed by atoms with Gasteiger partial charge >= 0.3 is 0 Å². The van der Waals surface area contributed by atoms with Crippen molar-refractivity contribution in [1.29, 1.82) is 0 Å². The van der Waals surface area contributed by atoms with Crippen molar-refractivity contribution >= 4 is 23.2 Å². The van der Waals surface area contributed by atoms with E-state index in [2.05, 4.69) is 10.3 Å². The minimum absolute atomic E-state index is 0.306. The molecule has 0 amide bonds. The Morgan fingerprint density at radius 3 is 2.74 bits per heavy atom. The molecule has 0 radical (unpaired) electrons. The summed E-state index contributed by atoms with van der Waals surface area (Å²) >= 11 is 6.17. The Balaban J connectivity index is 1.92. The summed E-state index contributed by atoms with van der Waals surface area (Å²) in [6.07, 6.45) is 0.540. The van der Waals surface area contributed by atoms with Crippen LogP contribution in [0.2, 0.25) is 5.02 Å². The summed E-state index contributed by atoms with van der Waals surface area (Å²) in [6, 6.07) is 10.1. The monoisotopic (exact) mass is 389 g/mol. The zero-order chi connectivity index (χ0) is 19.6. The van der Waals surface area contributed by atoms with Crippen molar-refractivity contribution in [1.82, 2.24) is 4.90 Å². The third kappa shape index (κ3) is 4.40. The van der Waals surface area contributed by atoms with Gasteiger partial charge in [-0.2, -0.15) is 0 Å². The molecule has 27 heavy (non-hydrogen) atoms. The average molecular weight is 390 g/mol. The van der Waals surface area contributed by atoms with Crippen molar-refractivity contribution in [3.8, 4) is 0 Å². The number of benzene rings is 2. The van der Waals surface area contributed by atoms with E-state index in [-0.39, 0.29) is 5.82 Å². The van der Waals surface area contributed by atoms with Gasteiger partial charge in [-0.05, 0) is 54.8 Å². The lowest BCUT2D eigenvalue weighted by atomic mass is 10.1. The number of aliphatic hydroxyl groups is 1. The lowest BCUT2D eigenvalue weighted by Gasteiger charge is -2.29. The van der Waals surface area contributed by atoms with E-state index >= 15 is 0 Å². The zero-order valence-corrected chi connectivity index (χ0v) is 16.1. The average Bonchev–Trinajstić information content (AvgIpc) is 2.61. The summed E-state index contributed by atoms with van der Waals surface area (Å²) in [4.78, 5) is 6.06. The number of anilines is 1. The van der Waals surface area contributed by atoms with Crippen molar-refractivity contribution in [3.63, 3.8) is 0 Å². The molecule has 1 heterocycles. The molecule has 3 rings (SSSR count). The van der Waals surface area contributed by atoms with Gasteiger partial charge in [0.25, 0.3) is 0 Å². The van der Waals surface area contributed by atoms with Crippen LogP contribution < -0.4 is 5.32 Å². The van der Waals surface area contributed by atoms with Gasteiger partial charge in [-0.1, -0.05) is 23.7 Å². The number of nitrogens with one attached hydrogen (secondary N) is 1. The molecule has 2 N–H and O–H groups in total. The topological polar surface area (TPSA) is 57.1 Å². The van der Waals surface area contributed by atoms with Crippen LogP contribution in [0.4, 0.5) is 10.1 Å². The lowest BCUT2D eigenvalue weighted by molar-refractivity contribution is 0.124. The molecule has 0 aliphatic carbocycles. The first-order valence-electron chi connectivity index (χ1n) is 8.44. The molecule has 1 unspecified atom stereocenters. The van der Waals surface area contributed by atoms with Crippen LogP contribution in [0.1, 0.15) is 16.7 Å². The molecule has 7 heteroatoms. The summed E-state index contributed by atoms with van der Waals surface area (Å²) in [5.74, 6) is 0.425. The van der Waals surface area contributed by atoms with Crippen LogP contribution in [0, 0.1) is 19.7 Å². The van der Waals surface area contributed by atoms with Crippen molar-refractivity contribution in [3.05, 3.63) is 75.9 Å².